The minimum atomic E-state index is 0.719. The van der Waals surface area contributed by atoms with Gasteiger partial charge < -0.3 is 10.7 Å². The smallest absolute Gasteiger partial charge is 0.156 e. The maximum atomic E-state index is 6.48. The highest BCUT2D eigenvalue weighted by molar-refractivity contribution is 6.03. The van der Waals surface area contributed by atoms with Gasteiger partial charge in [-0.05, 0) is 11.6 Å². The number of aromatic nitrogens is 3. The normalized spacial score (nSPS) is 10.9. The summed E-state index contributed by atoms with van der Waals surface area (Å²) in [6.45, 7) is 0. The number of benzene rings is 2. The van der Waals surface area contributed by atoms with Gasteiger partial charge in [-0.25, -0.2) is 9.97 Å². The molecule has 0 fully saturated rings. The summed E-state index contributed by atoms with van der Waals surface area (Å²) in [5.74, 6) is 0.719. The Morgan fingerprint density at radius 1 is 0.909 bits per heavy atom. The molecule has 2 aromatic carbocycles. The van der Waals surface area contributed by atoms with E-state index in [2.05, 4.69) is 9.97 Å². The first-order chi connectivity index (χ1) is 10.8. The Balaban J connectivity index is 2.12. The van der Waals surface area contributed by atoms with Crippen LogP contribution in [0.3, 0.4) is 0 Å². The van der Waals surface area contributed by atoms with Crippen molar-refractivity contribution < 1.29 is 0 Å². The van der Waals surface area contributed by atoms with E-state index in [-0.39, 0.29) is 0 Å². The topological polar surface area (TPSA) is 67.6 Å². The van der Waals surface area contributed by atoms with Crippen LogP contribution in [0.15, 0.2) is 67.0 Å². The molecule has 2 heterocycles. The number of rotatable bonds is 2. The van der Waals surface area contributed by atoms with Crippen LogP contribution in [0.25, 0.3) is 33.5 Å². The molecule has 0 aliphatic heterocycles. The Labute approximate surface area is 127 Å². The number of hydrogen-bond acceptors (Lipinski definition) is 3. The van der Waals surface area contributed by atoms with Crippen LogP contribution >= 0.6 is 0 Å². The molecule has 4 aromatic rings. The molecule has 0 bridgehead atoms. The summed E-state index contributed by atoms with van der Waals surface area (Å²) in [6.07, 6.45) is 3.51. The second-order valence-corrected chi connectivity index (χ2v) is 5.07. The summed E-state index contributed by atoms with van der Waals surface area (Å²) >= 11 is 0. The van der Waals surface area contributed by atoms with Gasteiger partial charge in [0.05, 0.1) is 11.2 Å². The Hall–Kier alpha value is -3.14. The summed E-state index contributed by atoms with van der Waals surface area (Å²) < 4.78 is 0. The average molecular weight is 286 g/mol. The molecule has 4 nitrogen and oxygen atoms in total. The highest BCUT2D eigenvalue weighted by atomic mass is 14.9. The van der Waals surface area contributed by atoms with E-state index in [9.17, 15) is 0 Å². The molecule has 0 unspecified atom stereocenters. The molecule has 0 atom stereocenters. The van der Waals surface area contributed by atoms with E-state index >= 15 is 0 Å². The largest absolute Gasteiger partial charge is 0.398 e. The van der Waals surface area contributed by atoms with Gasteiger partial charge in [0, 0.05) is 23.3 Å². The van der Waals surface area contributed by atoms with Crippen molar-refractivity contribution in [1.29, 1.82) is 0 Å². The van der Waals surface area contributed by atoms with E-state index in [0.717, 1.165) is 39.2 Å². The summed E-state index contributed by atoms with van der Waals surface area (Å²) in [5.41, 5.74) is 10.8. The number of hydrogen-bond donors (Lipinski definition) is 2. The third-order valence-electron chi connectivity index (χ3n) is 3.72. The Morgan fingerprint density at radius 3 is 2.45 bits per heavy atom. The number of nitrogens with two attached hydrogens (primary N) is 1. The van der Waals surface area contributed by atoms with Crippen molar-refractivity contribution in [2.24, 2.45) is 0 Å². The van der Waals surface area contributed by atoms with Crippen molar-refractivity contribution in [1.82, 2.24) is 15.0 Å². The third kappa shape index (κ3) is 1.93. The monoisotopic (exact) mass is 286 g/mol. The fourth-order valence-electron chi connectivity index (χ4n) is 2.70. The molecule has 0 aliphatic rings. The zero-order chi connectivity index (χ0) is 14.9. The zero-order valence-corrected chi connectivity index (χ0v) is 11.8. The van der Waals surface area contributed by atoms with Gasteiger partial charge >= 0.3 is 0 Å². The van der Waals surface area contributed by atoms with E-state index in [4.69, 9.17) is 10.7 Å². The Bertz CT molecular complexity index is 928. The van der Waals surface area contributed by atoms with Gasteiger partial charge in [0.2, 0.25) is 0 Å². The van der Waals surface area contributed by atoms with Crippen molar-refractivity contribution in [2.75, 3.05) is 5.73 Å². The number of para-hydroxylation sites is 1. The van der Waals surface area contributed by atoms with E-state index in [1.165, 1.54) is 0 Å². The van der Waals surface area contributed by atoms with Crippen LogP contribution in [0.2, 0.25) is 0 Å². The predicted molar refractivity (Wildman–Crippen MR) is 89.2 cm³/mol. The molecule has 0 saturated heterocycles. The molecular weight excluding hydrogens is 272 g/mol. The van der Waals surface area contributed by atoms with Gasteiger partial charge in [0.25, 0.3) is 0 Å². The number of aromatic amines is 1. The lowest BCUT2D eigenvalue weighted by molar-refractivity contribution is 1.25. The molecular formula is C18H14N4. The van der Waals surface area contributed by atoms with Crippen LogP contribution in [0.1, 0.15) is 0 Å². The van der Waals surface area contributed by atoms with E-state index in [0.29, 0.717) is 0 Å². The lowest BCUT2D eigenvalue weighted by Gasteiger charge is -2.13. The fourth-order valence-corrected chi connectivity index (χ4v) is 2.70. The minimum Gasteiger partial charge on any atom is -0.398 e. The maximum absolute atomic E-state index is 6.48. The van der Waals surface area contributed by atoms with Crippen molar-refractivity contribution in [3.63, 3.8) is 0 Å². The Kier molecular flexibility index (Phi) is 2.86. The highest BCUT2D eigenvalue weighted by Gasteiger charge is 2.17. The molecule has 106 valence electrons. The highest BCUT2D eigenvalue weighted by Crippen LogP contribution is 2.37. The van der Waals surface area contributed by atoms with E-state index in [1.54, 1.807) is 12.4 Å². The number of fused-ring (bicyclic) bond motifs is 1. The molecule has 3 N–H and O–H groups in total. The average Bonchev–Trinajstić information content (AvgIpc) is 3.10. The first-order valence-electron chi connectivity index (χ1n) is 7.08. The van der Waals surface area contributed by atoms with E-state index < -0.39 is 0 Å². The molecule has 0 radical (unpaired) electrons. The van der Waals surface area contributed by atoms with Gasteiger partial charge in [-0.3, -0.25) is 0 Å². The lowest BCUT2D eigenvalue weighted by atomic mass is 9.98. The number of anilines is 1. The fraction of sp³-hybridized carbons (Fsp3) is 0. The summed E-state index contributed by atoms with van der Waals surface area (Å²) in [7, 11) is 0. The molecule has 22 heavy (non-hydrogen) atoms. The number of imidazole rings is 1. The van der Waals surface area contributed by atoms with Gasteiger partial charge in [0.1, 0.15) is 5.69 Å². The first kappa shape index (κ1) is 12.6. The van der Waals surface area contributed by atoms with Crippen LogP contribution in [0.4, 0.5) is 5.69 Å². The van der Waals surface area contributed by atoms with Crippen LogP contribution < -0.4 is 5.73 Å². The number of nitrogens with one attached hydrogen (secondary N) is 1. The van der Waals surface area contributed by atoms with Crippen LogP contribution in [-0.2, 0) is 0 Å². The molecule has 0 amide bonds. The van der Waals surface area contributed by atoms with Crippen molar-refractivity contribution in [2.45, 2.75) is 0 Å². The molecule has 0 spiro atoms. The first-order valence-corrected chi connectivity index (χ1v) is 7.08. The van der Waals surface area contributed by atoms with E-state index in [1.807, 2.05) is 54.6 Å². The summed E-state index contributed by atoms with van der Waals surface area (Å²) in [6, 6.07) is 17.9. The van der Waals surface area contributed by atoms with Gasteiger partial charge in [-0.2, -0.15) is 0 Å². The van der Waals surface area contributed by atoms with Crippen molar-refractivity contribution >= 4 is 16.6 Å². The second-order valence-electron chi connectivity index (χ2n) is 5.07. The van der Waals surface area contributed by atoms with Gasteiger partial charge in [-0.1, -0.05) is 48.5 Å². The molecule has 2 aromatic heterocycles. The van der Waals surface area contributed by atoms with Crippen LogP contribution in [-0.4, -0.2) is 15.0 Å². The predicted octanol–water partition coefficient (Wildman–Crippen LogP) is 3.87. The standard InChI is InChI=1S/C18H14N4/c19-16-13-8-4-5-9-14(13)22-17(18-20-10-11-21-18)15(16)12-6-2-1-3-7-12/h1-11H,(H2,19,22)(H,20,21). The van der Waals surface area contributed by atoms with Crippen LogP contribution in [0, 0.1) is 0 Å². The van der Waals surface area contributed by atoms with Gasteiger partial charge in [-0.15, -0.1) is 0 Å². The summed E-state index contributed by atoms with van der Waals surface area (Å²) in [4.78, 5) is 12.3. The molecule has 4 rings (SSSR count). The number of nitrogen functional groups attached to an aromatic ring is 1. The second kappa shape index (κ2) is 5.00. The Morgan fingerprint density at radius 2 is 1.68 bits per heavy atom. The SMILES string of the molecule is Nc1c(-c2ccccc2)c(-c2ncc[nH]2)nc2ccccc12. The van der Waals surface area contributed by atoms with Crippen molar-refractivity contribution in [3.8, 4) is 22.6 Å². The minimum absolute atomic E-state index is 0.719. The lowest BCUT2D eigenvalue weighted by Crippen LogP contribution is -1.99. The summed E-state index contributed by atoms with van der Waals surface area (Å²) in [5, 5.41) is 0.955. The molecule has 0 saturated carbocycles. The zero-order valence-electron chi connectivity index (χ0n) is 11.8. The molecule has 4 heteroatoms. The van der Waals surface area contributed by atoms with Crippen molar-refractivity contribution in [3.05, 3.63) is 67.0 Å². The number of nitrogens with zero attached hydrogens (tertiary/aromatic N) is 2. The number of H-pyrrole nitrogens is 1. The number of pyridine rings is 1. The van der Waals surface area contributed by atoms with Crippen LogP contribution in [0.5, 0.6) is 0 Å². The quantitative estimate of drug-likeness (QED) is 0.587. The van der Waals surface area contributed by atoms with Gasteiger partial charge in [0.15, 0.2) is 5.82 Å². The molecule has 0 aliphatic carbocycles. The maximum Gasteiger partial charge on any atom is 0.156 e. The third-order valence-corrected chi connectivity index (χ3v) is 3.72.